The van der Waals surface area contributed by atoms with E-state index in [9.17, 15) is 4.79 Å². The molecule has 0 spiro atoms. The number of carbonyl (C=O) groups is 1. The highest BCUT2D eigenvalue weighted by atomic mass is 16.5. The van der Waals surface area contributed by atoms with Crippen molar-refractivity contribution in [1.29, 1.82) is 0 Å². The second kappa shape index (κ2) is 10.0. The number of piperidine rings is 1. The zero-order valence-corrected chi connectivity index (χ0v) is 19.6. The normalized spacial score (nSPS) is 22.7. The summed E-state index contributed by atoms with van der Waals surface area (Å²) in [4.78, 5) is 19.6. The van der Waals surface area contributed by atoms with Crippen molar-refractivity contribution in [3.63, 3.8) is 0 Å². The van der Waals surface area contributed by atoms with E-state index in [4.69, 9.17) is 9.47 Å². The molecule has 176 valence electrons. The molecule has 3 heterocycles. The Labute approximate surface area is 192 Å². The molecule has 1 saturated carbocycles. The lowest BCUT2D eigenvalue weighted by Gasteiger charge is -2.39. The molecule has 1 aromatic carbocycles. The van der Waals surface area contributed by atoms with E-state index < -0.39 is 0 Å². The first-order valence-electron chi connectivity index (χ1n) is 12.8. The van der Waals surface area contributed by atoms with Crippen molar-refractivity contribution in [1.82, 2.24) is 14.7 Å². The van der Waals surface area contributed by atoms with Crippen LogP contribution in [0.5, 0.6) is 5.75 Å². The van der Waals surface area contributed by atoms with Gasteiger partial charge in [-0.3, -0.25) is 4.90 Å². The Bertz CT molecular complexity index is 783. The predicted octanol–water partition coefficient (Wildman–Crippen LogP) is 3.43. The average molecular weight is 442 g/mol. The third kappa shape index (κ3) is 5.40. The molecule has 6 heteroatoms. The smallest absolute Gasteiger partial charge is 0.320 e. The number of carbonyl (C=O) groups excluding carboxylic acids is 1. The minimum atomic E-state index is 0.216. The van der Waals surface area contributed by atoms with Gasteiger partial charge in [-0.25, -0.2) is 4.79 Å². The van der Waals surface area contributed by atoms with Gasteiger partial charge < -0.3 is 19.3 Å². The number of urea groups is 1. The summed E-state index contributed by atoms with van der Waals surface area (Å²) in [5, 5.41) is 0. The molecule has 0 aromatic heterocycles. The molecule has 6 nitrogen and oxygen atoms in total. The van der Waals surface area contributed by atoms with Crippen LogP contribution in [0, 0.1) is 11.8 Å². The number of benzene rings is 1. The molecular formula is C26H39N3O3. The molecular weight excluding hydrogens is 402 g/mol. The molecule has 32 heavy (non-hydrogen) atoms. The molecule has 4 aliphatic rings. The van der Waals surface area contributed by atoms with Crippen LogP contribution in [0.2, 0.25) is 0 Å². The van der Waals surface area contributed by atoms with Crippen molar-refractivity contribution in [3.8, 4) is 5.75 Å². The molecule has 2 saturated heterocycles. The Balaban J connectivity index is 1.14. The first-order valence-corrected chi connectivity index (χ1v) is 12.8. The summed E-state index contributed by atoms with van der Waals surface area (Å²) < 4.78 is 11.2. The molecule has 0 bridgehead atoms. The molecule has 1 unspecified atom stereocenters. The van der Waals surface area contributed by atoms with Crippen LogP contribution in [0.15, 0.2) is 18.2 Å². The number of fused-ring (bicyclic) bond motifs is 1. The van der Waals surface area contributed by atoms with Gasteiger partial charge in [-0.1, -0.05) is 12.1 Å². The maximum absolute atomic E-state index is 12.8. The van der Waals surface area contributed by atoms with Crippen molar-refractivity contribution < 1.29 is 14.3 Å². The zero-order chi connectivity index (χ0) is 21.9. The monoisotopic (exact) mass is 441 g/mol. The van der Waals surface area contributed by atoms with Gasteiger partial charge in [-0.15, -0.1) is 0 Å². The quantitative estimate of drug-likeness (QED) is 0.650. The number of morpholine rings is 1. The molecule has 1 aliphatic carbocycles. The highest BCUT2D eigenvalue weighted by molar-refractivity contribution is 5.74. The van der Waals surface area contributed by atoms with E-state index in [-0.39, 0.29) is 6.03 Å². The lowest BCUT2D eigenvalue weighted by Crippen LogP contribution is -2.51. The van der Waals surface area contributed by atoms with E-state index in [2.05, 4.69) is 34.9 Å². The SMILES string of the molecule is CC(Cc1ccc2c(c1)OCC2)N(CC1CC1)CC1CCN(C(=O)N2CCOCC2)CC1. The van der Waals surface area contributed by atoms with Crippen LogP contribution in [-0.4, -0.2) is 85.9 Å². The van der Waals surface area contributed by atoms with Crippen LogP contribution in [0.25, 0.3) is 0 Å². The number of rotatable bonds is 7. The lowest BCUT2D eigenvalue weighted by molar-refractivity contribution is 0.0385. The van der Waals surface area contributed by atoms with E-state index in [1.165, 1.54) is 37.1 Å². The van der Waals surface area contributed by atoms with Gasteiger partial charge in [-0.05, 0) is 68.1 Å². The predicted molar refractivity (Wildman–Crippen MR) is 125 cm³/mol. The number of amides is 2. The van der Waals surface area contributed by atoms with Crippen molar-refractivity contribution in [2.75, 3.05) is 59.1 Å². The van der Waals surface area contributed by atoms with Gasteiger partial charge in [0.1, 0.15) is 5.75 Å². The van der Waals surface area contributed by atoms with Crippen LogP contribution in [-0.2, 0) is 17.6 Å². The second-order valence-corrected chi connectivity index (χ2v) is 10.3. The molecule has 2 amide bonds. The van der Waals surface area contributed by atoms with Crippen molar-refractivity contribution in [3.05, 3.63) is 29.3 Å². The Morgan fingerprint density at radius 3 is 2.41 bits per heavy atom. The third-order valence-electron chi connectivity index (χ3n) is 7.76. The fraction of sp³-hybridized carbons (Fsp3) is 0.731. The van der Waals surface area contributed by atoms with Gasteiger partial charge in [0.15, 0.2) is 0 Å². The van der Waals surface area contributed by atoms with E-state index in [1.807, 2.05) is 4.90 Å². The Morgan fingerprint density at radius 2 is 1.69 bits per heavy atom. The van der Waals surface area contributed by atoms with Crippen LogP contribution in [0.1, 0.15) is 43.7 Å². The van der Waals surface area contributed by atoms with Gasteiger partial charge in [0, 0.05) is 51.7 Å². The maximum Gasteiger partial charge on any atom is 0.320 e. The largest absolute Gasteiger partial charge is 0.493 e. The molecule has 3 fully saturated rings. The maximum atomic E-state index is 12.8. The van der Waals surface area contributed by atoms with E-state index in [0.29, 0.717) is 25.2 Å². The Kier molecular flexibility index (Phi) is 6.88. The third-order valence-corrected chi connectivity index (χ3v) is 7.76. The van der Waals surface area contributed by atoms with Crippen LogP contribution in [0.4, 0.5) is 4.79 Å². The van der Waals surface area contributed by atoms with Crippen LogP contribution < -0.4 is 4.74 Å². The van der Waals surface area contributed by atoms with Gasteiger partial charge in [0.2, 0.25) is 0 Å². The van der Waals surface area contributed by atoms with Crippen molar-refractivity contribution in [2.24, 2.45) is 11.8 Å². The molecule has 0 radical (unpaired) electrons. The molecule has 3 aliphatic heterocycles. The van der Waals surface area contributed by atoms with Crippen LogP contribution >= 0.6 is 0 Å². The number of hydrogen-bond acceptors (Lipinski definition) is 4. The summed E-state index contributed by atoms with van der Waals surface area (Å²) in [6.07, 6.45) is 7.15. The van der Waals surface area contributed by atoms with E-state index >= 15 is 0 Å². The zero-order valence-electron chi connectivity index (χ0n) is 19.6. The molecule has 0 N–H and O–H groups in total. The first kappa shape index (κ1) is 22.0. The molecule has 1 aromatic rings. The highest BCUT2D eigenvalue weighted by Crippen LogP contribution is 2.32. The van der Waals surface area contributed by atoms with E-state index in [1.54, 1.807) is 0 Å². The summed E-state index contributed by atoms with van der Waals surface area (Å²) in [6, 6.07) is 7.58. The highest BCUT2D eigenvalue weighted by Gasteiger charge is 2.31. The number of ether oxygens (including phenoxy) is 2. The van der Waals surface area contributed by atoms with Gasteiger partial charge in [-0.2, -0.15) is 0 Å². The summed E-state index contributed by atoms with van der Waals surface area (Å²) in [6.45, 7) is 10.2. The lowest BCUT2D eigenvalue weighted by atomic mass is 9.94. The van der Waals surface area contributed by atoms with Gasteiger partial charge in [0.05, 0.1) is 19.8 Å². The summed E-state index contributed by atoms with van der Waals surface area (Å²) >= 11 is 0. The van der Waals surface area contributed by atoms with Crippen LogP contribution in [0.3, 0.4) is 0 Å². The molecule has 1 atom stereocenters. The Hall–Kier alpha value is -1.79. The number of likely N-dealkylation sites (tertiary alicyclic amines) is 1. The molecule has 5 rings (SSSR count). The summed E-state index contributed by atoms with van der Waals surface area (Å²) in [7, 11) is 0. The summed E-state index contributed by atoms with van der Waals surface area (Å²) in [5.74, 6) is 2.68. The van der Waals surface area contributed by atoms with Gasteiger partial charge in [0.25, 0.3) is 0 Å². The van der Waals surface area contributed by atoms with Gasteiger partial charge >= 0.3 is 6.03 Å². The van der Waals surface area contributed by atoms with Crippen molar-refractivity contribution in [2.45, 2.75) is 51.5 Å². The fourth-order valence-corrected chi connectivity index (χ4v) is 5.47. The number of hydrogen-bond donors (Lipinski definition) is 0. The van der Waals surface area contributed by atoms with E-state index in [0.717, 1.165) is 70.1 Å². The minimum absolute atomic E-state index is 0.216. The topological polar surface area (TPSA) is 45.2 Å². The average Bonchev–Trinajstić information content (AvgIpc) is 3.53. The second-order valence-electron chi connectivity index (χ2n) is 10.3. The Morgan fingerprint density at radius 1 is 1.00 bits per heavy atom. The standard InChI is InChI=1S/C26H39N3O3/c1-20(16-23-4-5-24-8-13-32-25(24)17-23)29(18-21-2-3-21)19-22-6-9-27(10-7-22)26(30)28-11-14-31-15-12-28/h4-5,17,20-22H,2-3,6-16,18-19H2,1H3. The fourth-order valence-electron chi connectivity index (χ4n) is 5.47. The first-order chi connectivity index (χ1) is 15.7. The number of nitrogens with zero attached hydrogens (tertiary/aromatic N) is 3. The summed E-state index contributed by atoms with van der Waals surface area (Å²) in [5.41, 5.74) is 2.75. The minimum Gasteiger partial charge on any atom is -0.493 e. The van der Waals surface area contributed by atoms with Crippen molar-refractivity contribution >= 4 is 6.03 Å².